The summed E-state index contributed by atoms with van der Waals surface area (Å²) in [6.45, 7) is 3.10. The van der Waals surface area contributed by atoms with E-state index in [-0.39, 0.29) is 36.0 Å². The summed E-state index contributed by atoms with van der Waals surface area (Å²) in [7, 11) is 1.42. The SMILES string of the molecule is CCOC(=O)c1c(-c2ccc(OCC(=O)N/N=C/c3ccc(I)o3)c(OC)c2)nc(=O)[nH]c1C. The van der Waals surface area contributed by atoms with Crippen molar-refractivity contribution in [3.63, 3.8) is 0 Å². The smallest absolute Gasteiger partial charge is 0.345 e. The number of hydrazone groups is 1. The van der Waals surface area contributed by atoms with Gasteiger partial charge in [0.1, 0.15) is 11.3 Å². The second kappa shape index (κ2) is 11.4. The van der Waals surface area contributed by atoms with Gasteiger partial charge < -0.3 is 23.6 Å². The third kappa shape index (κ3) is 6.21. The highest BCUT2D eigenvalue weighted by Crippen LogP contribution is 2.33. The third-order valence-electron chi connectivity index (χ3n) is 4.37. The van der Waals surface area contributed by atoms with Crippen LogP contribution in [-0.2, 0) is 9.53 Å². The number of halogens is 1. The molecule has 2 aromatic heterocycles. The maximum Gasteiger partial charge on any atom is 0.345 e. The normalized spacial score (nSPS) is 10.8. The fraction of sp³-hybridized carbons (Fsp3) is 0.227. The molecule has 0 atom stereocenters. The van der Waals surface area contributed by atoms with Crippen LogP contribution in [-0.4, -0.2) is 48.4 Å². The van der Waals surface area contributed by atoms with Crippen molar-refractivity contribution in [3.05, 3.63) is 61.6 Å². The minimum Gasteiger partial charge on any atom is -0.493 e. The highest BCUT2D eigenvalue weighted by molar-refractivity contribution is 14.1. The van der Waals surface area contributed by atoms with E-state index in [2.05, 4.69) is 20.5 Å². The number of hydrogen-bond acceptors (Lipinski definition) is 9. The maximum atomic E-state index is 12.4. The largest absolute Gasteiger partial charge is 0.493 e. The molecular formula is C22H21IN4O7. The number of amides is 1. The highest BCUT2D eigenvalue weighted by atomic mass is 127. The summed E-state index contributed by atoms with van der Waals surface area (Å²) in [5.74, 6) is -0.0768. The van der Waals surface area contributed by atoms with Crippen molar-refractivity contribution in [1.29, 1.82) is 0 Å². The number of esters is 1. The predicted molar refractivity (Wildman–Crippen MR) is 130 cm³/mol. The topological polar surface area (TPSA) is 145 Å². The first kappa shape index (κ1) is 25.0. The lowest BCUT2D eigenvalue weighted by molar-refractivity contribution is -0.123. The zero-order valence-electron chi connectivity index (χ0n) is 18.5. The Morgan fingerprint density at radius 1 is 1.26 bits per heavy atom. The number of hydrogen-bond donors (Lipinski definition) is 2. The Morgan fingerprint density at radius 2 is 2.06 bits per heavy atom. The van der Waals surface area contributed by atoms with Gasteiger partial charge in [0, 0.05) is 11.3 Å². The third-order valence-corrected chi connectivity index (χ3v) is 4.95. The molecule has 12 heteroatoms. The summed E-state index contributed by atoms with van der Waals surface area (Å²) >= 11 is 2.02. The minimum atomic E-state index is -0.612. The molecule has 3 aromatic rings. The number of aromatic amines is 1. The fourth-order valence-corrected chi connectivity index (χ4v) is 3.36. The van der Waals surface area contributed by atoms with Gasteiger partial charge in [-0.25, -0.2) is 15.0 Å². The Kier molecular flexibility index (Phi) is 8.40. The minimum absolute atomic E-state index is 0.139. The Morgan fingerprint density at radius 3 is 2.74 bits per heavy atom. The summed E-state index contributed by atoms with van der Waals surface area (Å²) < 4.78 is 22.0. The number of nitrogens with zero attached hydrogens (tertiary/aromatic N) is 2. The van der Waals surface area contributed by atoms with E-state index < -0.39 is 17.6 Å². The van der Waals surface area contributed by atoms with Crippen LogP contribution in [0, 0.1) is 10.7 Å². The molecule has 0 saturated carbocycles. The van der Waals surface area contributed by atoms with Crippen LogP contribution in [0.5, 0.6) is 11.5 Å². The van der Waals surface area contributed by atoms with E-state index in [1.54, 1.807) is 44.2 Å². The lowest BCUT2D eigenvalue weighted by Crippen LogP contribution is -2.24. The molecule has 11 nitrogen and oxygen atoms in total. The zero-order valence-corrected chi connectivity index (χ0v) is 20.7. The molecule has 0 saturated heterocycles. The molecule has 34 heavy (non-hydrogen) atoms. The molecule has 2 heterocycles. The van der Waals surface area contributed by atoms with E-state index in [0.717, 1.165) is 0 Å². The van der Waals surface area contributed by atoms with Gasteiger partial charge in [0.15, 0.2) is 21.9 Å². The quantitative estimate of drug-likeness (QED) is 0.170. The summed E-state index contributed by atoms with van der Waals surface area (Å²) in [4.78, 5) is 42.9. The second-order valence-corrected chi connectivity index (χ2v) is 7.76. The lowest BCUT2D eigenvalue weighted by atomic mass is 10.0. The molecule has 0 spiro atoms. The van der Waals surface area contributed by atoms with Crippen molar-refractivity contribution in [3.8, 4) is 22.8 Å². The molecule has 178 valence electrons. The second-order valence-electron chi connectivity index (χ2n) is 6.70. The number of aryl methyl sites for hydroxylation is 1. The fourth-order valence-electron chi connectivity index (χ4n) is 2.92. The first-order valence-corrected chi connectivity index (χ1v) is 11.1. The number of carbonyl (C=O) groups excluding carboxylic acids is 2. The van der Waals surface area contributed by atoms with Gasteiger partial charge in [-0.15, -0.1) is 0 Å². The van der Waals surface area contributed by atoms with E-state index in [9.17, 15) is 14.4 Å². The monoisotopic (exact) mass is 580 g/mol. The molecule has 0 fully saturated rings. The molecule has 0 aliphatic rings. The van der Waals surface area contributed by atoms with Crippen LogP contribution in [0.15, 0.2) is 44.6 Å². The zero-order chi connectivity index (χ0) is 24.7. The molecule has 0 radical (unpaired) electrons. The summed E-state index contributed by atoms with van der Waals surface area (Å²) in [5.41, 5.74) is 2.77. The molecular weight excluding hydrogens is 559 g/mol. The number of nitrogens with one attached hydrogen (secondary N) is 2. The van der Waals surface area contributed by atoms with Crippen molar-refractivity contribution in [2.24, 2.45) is 5.10 Å². The molecule has 0 aliphatic heterocycles. The predicted octanol–water partition coefficient (Wildman–Crippen LogP) is 2.66. The number of ether oxygens (including phenoxy) is 3. The summed E-state index contributed by atoms with van der Waals surface area (Å²) in [6.07, 6.45) is 1.37. The first-order valence-electron chi connectivity index (χ1n) is 9.98. The van der Waals surface area contributed by atoms with Crippen molar-refractivity contribution >= 4 is 40.7 Å². The molecule has 1 aromatic carbocycles. The highest BCUT2D eigenvalue weighted by Gasteiger charge is 2.21. The van der Waals surface area contributed by atoms with Gasteiger partial charge in [-0.2, -0.15) is 10.1 Å². The van der Waals surface area contributed by atoms with Gasteiger partial charge in [-0.05, 0) is 66.8 Å². The Balaban J connectivity index is 1.76. The van der Waals surface area contributed by atoms with E-state index in [1.807, 2.05) is 22.6 Å². The van der Waals surface area contributed by atoms with E-state index in [1.165, 1.54) is 13.3 Å². The van der Waals surface area contributed by atoms with Gasteiger partial charge >= 0.3 is 11.7 Å². The molecule has 3 rings (SSSR count). The van der Waals surface area contributed by atoms with E-state index >= 15 is 0 Å². The average Bonchev–Trinajstić information content (AvgIpc) is 3.22. The number of furan rings is 1. The van der Waals surface area contributed by atoms with Crippen LogP contribution < -0.4 is 20.6 Å². The van der Waals surface area contributed by atoms with Gasteiger partial charge in [0.05, 0.1) is 25.6 Å². The molecule has 1 amide bonds. The van der Waals surface area contributed by atoms with E-state index in [4.69, 9.17) is 18.6 Å². The number of aromatic nitrogens is 2. The van der Waals surface area contributed by atoms with Gasteiger partial charge in [-0.1, -0.05) is 0 Å². The number of H-pyrrole nitrogens is 1. The Hall–Kier alpha value is -3.68. The Labute approximate surface area is 207 Å². The van der Waals surface area contributed by atoms with E-state index in [0.29, 0.717) is 20.8 Å². The number of rotatable bonds is 9. The van der Waals surface area contributed by atoms with Gasteiger partial charge in [0.2, 0.25) is 0 Å². The standard InChI is InChI=1S/C22H21IN4O7/c1-4-32-21(29)19-12(2)25-22(30)26-20(19)13-5-7-15(16(9-13)31-3)33-11-18(28)27-24-10-14-6-8-17(23)34-14/h5-10H,4,11H2,1-3H3,(H,27,28)(H,25,26,30)/b24-10+. The van der Waals surface area contributed by atoms with Crippen LogP contribution in [0.2, 0.25) is 0 Å². The van der Waals surface area contributed by atoms with Crippen LogP contribution in [0.4, 0.5) is 0 Å². The van der Waals surface area contributed by atoms with Crippen molar-refractivity contribution in [2.45, 2.75) is 13.8 Å². The van der Waals surface area contributed by atoms with Crippen LogP contribution in [0.1, 0.15) is 28.7 Å². The number of methoxy groups -OCH3 is 1. The van der Waals surface area contributed by atoms with Crippen molar-refractivity contribution in [1.82, 2.24) is 15.4 Å². The number of benzene rings is 1. The molecule has 2 N–H and O–H groups in total. The molecule has 0 aliphatic carbocycles. The number of carbonyl (C=O) groups is 2. The summed E-state index contributed by atoms with van der Waals surface area (Å²) in [6, 6.07) is 8.17. The van der Waals surface area contributed by atoms with Crippen molar-refractivity contribution < 1.29 is 28.2 Å². The maximum absolute atomic E-state index is 12.4. The summed E-state index contributed by atoms with van der Waals surface area (Å²) in [5, 5.41) is 3.80. The van der Waals surface area contributed by atoms with Gasteiger partial charge in [0.25, 0.3) is 5.91 Å². The molecule has 0 bridgehead atoms. The van der Waals surface area contributed by atoms with Crippen LogP contribution in [0.25, 0.3) is 11.3 Å². The molecule has 0 unspecified atom stereocenters. The lowest BCUT2D eigenvalue weighted by Gasteiger charge is -2.14. The van der Waals surface area contributed by atoms with Crippen molar-refractivity contribution in [2.75, 3.05) is 20.3 Å². The average molecular weight is 580 g/mol. The van der Waals surface area contributed by atoms with Gasteiger partial charge in [-0.3, -0.25) is 4.79 Å². The first-order chi connectivity index (χ1) is 16.3. The van der Waals surface area contributed by atoms with Crippen LogP contribution >= 0.6 is 22.6 Å². The van der Waals surface area contributed by atoms with Crippen LogP contribution in [0.3, 0.4) is 0 Å². The Bertz CT molecular complexity index is 1280.